The summed E-state index contributed by atoms with van der Waals surface area (Å²) in [6.07, 6.45) is 0. The molecule has 1 atom stereocenters. The Morgan fingerprint density at radius 1 is 1.11 bits per heavy atom. The molecule has 4 heteroatoms. The van der Waals surface area contributed by atoms with Crippen LogP contribution in [0.2, 0.25) is 0 Å². The molecule has 1 aromatic heterocycles. The van der Waals surface area contributed by atoms with E-state index in [0.29, 0.717) is 0 Å². The topological polar surface area (TPSA) is 62.0 Å². The van der Waals surface area contributed by atoms with Crippen molar-refractivity contribution < 1.29 is 4.79 Å². The Labute approximate surface area is 105 Å². The fourth-order valence-corrected chi connectivity index (χ4v) is 1.68. The van der Waals surface area contributed by atoms with E-state index >= 15 is 0 Å². The van der Waals surface area contributed by atoms with Gasteiger partial charge >= 0.3 is 0 Å². The largest absolute Gasteiger partial charge is 0.344 e. The molecule has 0 saturated carbocycles. The number of nitrogens with one attached hydrogen (secondary N) is 2. The zero-order valence-corrected chi connectivity index (χ0v) is 10.0. The van der Waals surface area contributed by atoms with Crippen LogP contribution in [0.5, 0.6) is 0 Å². The smallest absolute Gasteiger partial charge is 0.268 e. The second-order valence-electron chi connectivity index (χ2n) is 4.03. The molecule has 2 rings (SSSR count). The summed E-state index contributed by atoms with van der Waals surface area (Å²) in [5.74, 6) is -0.288. The van der Waals surface area contributed by atoms with E-state index in [0.717, 1.165) is 5.56 Å². The Hall–Kier alpha value is -2.36. The van der Waals surface area contributed by atoms with Crippen LogP contribution in [-0.4, -0.2) is 10.9 Å². The van der Waals surface area contributed by atoms with Gasteiger partial charge in [-0.2, -0.15) is 0 Å². The second kappa shape index (κ2) is 5.31. The van der Waals surface area contributed by atoms with Gasteiger partial charge in [0.05, 0.1) is 6.04 Å². The normalized spacial score (nSPS) is 11.8. The number of benzene rings is 1. The molecule has 0 saturated heterocycles. The van der Waals surface area contributed by atoms with Gasteiger partial charge in [0.15, 0.2) is 0 Å². The summed E-state index contributed by atoms with van der Waals surface area (Å²) in [6.45, 7) is 1.90. The van der Waals surface area contributed by atoms with Crippen molar-refractivity contribution in [3.8, 4) is 0 Å². The number of amides is 1. The van der Waals surface area contributed by atoms with Crippen LogP contribution in [0.3, 0.4) is 0 Å². The highest BCUT2D eigenvalue weighted by Gasteiger charge is 2.11. The zero-order valence-electron chi connectivity index (χ0n) is 10.0. The summed E-state index contributed by atoms with van der Waals surface area (Å²) in [7, 11) is 0. The fraction of sp³-hybridized carbons (Fsp3) is 0.143. The number of carbonyl (C=O) groups is 1. The molecule has 92 valence electrons. The molecule has 0 aliphatic heterocycles. The van der Waals surface area contributed by atoms with Crippen molar-refractivity contribution in [1.29, 1.82) is 0 Å². The van der Waals surface area contributed by atoms with Crippen LogP contribution in [0, 0.1) is 0 Å². The maximum Gasteiger partial charge on any atom is 0.268 e. The third kappa shape index (κ3) is 2.85. The third-order valence-electron chi connectivity index (χ3n) is 2.66. The minimum Gasteiger partial charge on any atom is -0.344 e. The SMILES string of the molecule is CC(NC(=O)c1cccc(=O)[nH]1)c1ccccc1. The van der Waals surface area contributed by atoms with E-state index in [1.807, 2.05) is 37.3 Å². The molecule has 0 radical (unpaired) electrons. The van der Waals surface area contributed by atoms with Gasteiger partial charge in [0, 0.05) is 6.07 Å². The first-order valence-electron chi connectivity index (χ1n) is 5.72. The first-order valence-corrected chi connectivity index (χ1v) is 5.72. The average molecular weight is 242 g/mol. The number of rotatable bonds is 3. The van der Waals surface area contributed by atoms with Gasteiger partial charge in [0.25, 0.3) is 5.91 Å². The lowest BCUT2D eigenvalue weighted by atomic mass is 10.1. The molecule has 0 aliphatic rings. The van der Waals surface area contributed by atoms with Gasteiger partial charge in [-0.05, 0) is 18.6 Å². The summed E-state index contributed by atoms with van der Waals surface area (Å²) < 4.78 is 0. The fourth-order valence-electron chi connectivity index (χ4n) is 1.68. The van der Waals surface area contributed by atoms with Gasteiger partial charge in [0.1, 0.15) is 5.69 Å². The zero-order chi connectivity index (χ0) is 13.0. The number of carbonyl (C=O) groups excluding carboxylic acids is 1. The minimum atomic E-state index is -0.288. The predicted octanol–water partition coefficient (Wildman–Crippen LogP) is 1.87. The molecule has 18 heavy (non-hydrogen) atoms. The molecule has 0 bridgehead atoms. The minimum absolute atomic E-state index is 0.109. The van der Waals surface area contributed by atoms with E-state index < -0.39 is 0 Å². The maximum absolute atomic E-state index is 11.9. The molecule has 0 aliphatic carbocycles. The van der Waals surface area contributed by atoms with Gasteiger partial charge in [-0.25, -0.2) is 0 Å². The van der Waals surface area contributed by atoms with Gasteiger partial charge in [-0.3, -0.25) is 9.59 Å². The molecule has 0 fully saturated rings. The number of aromatic nitrogens is 1. The first-order chi connectivity index (χ1) is 8.66. The van der Waals surface area contributed by atoms with Crippen LogP contribution in [0.15, 0.2) is 53.3 Å². The molecule has 1 aromatic carbocycles. The number of hydrogen-bond acceptors (Lipinski definition) is 2. The van der Waals surface area contributed by atoms with Crippen LogP contribution in [-0.2, 0) is 0 Å². The predicted molar refractivity (Wildman–Crippen MR) is 69.4 cm³/mol. The monoisotopic (exact) mass is 242 g/mol. The summed E-state index contributed by atoms with van der Waals surface area (Å²) in [5.41, 5.74) is 1.00. The van der Waals surface area contributed by atoms with Crippen molar-refractivity contribution in [3.05, 3.63) is 70.1 Å². The molecule has 2 aromatic rings. The standard InChI is InChI=1S/C14H14N2O2/c1-10(11-6-3-2-4-7-11)15-14(18)12-8-5-9-13(17)16-12/h2-10H,1H3,(H,15,18)(H,16,17). The Kier molecular flexibility index (Phi) is 3.57. The van der Waals surface area contributed by atoms with Gasteiger partial charge in [-0.15, -0.1) is 0 Å². The van der Waals surface area contributed by atoms with Crippen LogP contribution < -0.4 is 10.9 Å². The van der Waals surface area contributed by atoms with E-state index in [9.17, 15) is 9.59 Å². The van der Waals surface area contributed by atoms with Crippen molar-refractivity contribution >= 4 is 5.91 Å². The summed E-state index contributed by atoms with van der Waals surface area (Å²) in [6, 6.07) is 14.0. The number of pyridine rings is 1. The Balaban J connectivity index is 2.11. The second-order valence-corrected chi connectivity index (χ2v) is 4.03. The average Bonchev–Trinajstić information content (AvgIpc) is 2.39. The van der Waals surface area contributed by atoms with Crippen LogP contribution in [0.1, 0.15) is 29.0 Å². The van der Waals surface area contributed by atoms with Gasteiger partial charge in [-0.1, -0.05) is 36.4 Å². The highest BCUT2D eigenvalue weighted by atomic mass is 16.2. The Bertz CT molecular complexity index is 590. The summed E-state index contributed by atoms with van der Waals surface area (Å²) in [4.78, 5) is 25.5. The quantitative estimate of drug-likeness (QED) is 0.863. The van der Waals surface area contributed by atoms with Crippen LogP contribution in [0.25, 0.3) is 0 Å². The summed E-state index contributed by atoms with van der Waals surface area (Å²) in [5, 5.41) is 2.83. The van der Waals surface area contributed by atoms with E-state index in [4.69, 9.17) is 0 Å². The van der Waals surface area contributed by atoms with E-state index in [1.165, 1.54) is 6.07 Å². The molecule has 1 unspecified atom stereocenters. The lowest BCUT2D eigenvalue weighted by Gasteiger charge is -2.13. The van der Waals surface area contributed by atoms with E-state index in [1.54, 1.807) is 12.1 Å². The molecular formula is C14H14N2O2. The van der Waals surface area contributed by atoms with Gasteiger partial charge < -0.3 is 10.3 Å². The molecule has 0 spiro atoms. The van der Waals surface area contributed by atoms with Gasteiger partial charge in [0.2, 0.25) is 5.56 Å². The Morgan fingerprint density at radius 3 is 2.50 bits per heavy atom. The molecule has 1 heterocycles. The lowest BCUT2D eigenvalue weighted by molar-refractivity contribution is 0.0934. The summed E-state index contributed by atoms with van der Waals surface area (Å²) >= 11 is 0. The van der Waals surface area contributed by atoms with Crippen molar-refractivity contribution in [3.63, 3.8) is 0 Å². The lowest BCUT2D eigenvalue weighted by Crippen LogP contribution is -2.28. The van der Waals surface area contributed by atoms with E-state index in [2.05, 4.69) is 10.3 Å². The third-order valence-corrected chi connectivity index (χ3v) is 2.66. The van der Waals surface area contributed by atoms with Crippen molar-refractivity contribution in [2.45, 2.75) is 13.0 Å². The van der Waals surface area contributed by atoms with Crippen LogP contribution in [0.4, 0.5) is 0 Å². The molecule has 1 amide bonds. The number of H-pyrrole nitrogens is 1. The molecule has 4 nitrogen and oxygen atoms in total. The first kappa shape index (κ1) is 12.1. The van der Waals surface area contributed by atoms with Crippen molar-refractivity contribution in [1.82, 2.24) is 10.3 Å². The van der Waals surface area contributed by atoms with Crippen molar-refractivity contribution in [2.24, 2.45) is 0 Å². The Morgan fingerprint density at radius 2 is 1.83 bits per heavy atom. The van der Waals surface area contributed by atoms with E-state index in [-0.39, 0.29) is 23.2 Å². The number of hydrogen-bond donors (Lipinski definition) is 2. The van der Waals surface area contributed by atoms with Crippen molar-refractivity contribution in [2.75, 3.05) is 0 Å². The molecular weight excluding hydrogens is 228 g/mol. The molecule has 2 N–H and O–H groups in total. The number of aromatic amines is 1. The highest BCUT2D eigenvalue weighted by Crippen LogP contribution is 2.11. The maximum atomic E-state index is 11.9. The van der Waals surface area contributed by atoms with Crippen LogP contribution >= 0.6 is 0 Å². The highest BCUT2D eigenvalue weighted by molar-refractivity contribution is 5.92.